The van der Waals surface area contributed by atoms with Gasteiger partial charge in [0.25, 0.3) is 0 Å². The Kier molecular flexibility index (Phi) is 4.20. The van der Waals surface area contributed by atoms with Crippen LogP contribution in [0.4, 0.5) is 4.39 Å². The number of hydrogen-bond donors (Lipinski definition) is 1. The molecular formula is C15H21FN2O. The second-order valence-corrected chi connectivity index (χ2v) is 5.51. The predicted octanol–water partition coefficient (Wildman–Crippen LogP) is 2.34. The molecule has 4 heteroatoms. The highest BCUT2D eigenvalue weighted by atomic mass is 19.1. The van der Waals surface area contributed by atoms with E-state index in [9.17, 15) is 9.18 Å². The maximum Gasteiger partial charge on any atom is 0.225 e. The van der Waals surface area contributed by atoms with Gasteiger partial charge in [-0.05, 0) is 24.6 Å². The summed E-state index contributed by atoms with van der Waals surface area (Å²) in [5.41, 5.74) is 1.02. The first-order valence-corrected chi connectivity index (χ1v) is 6.78. The number of halogens is 1. The van der Waals surface area contributed by atoms with Crippen molar-refractivity contribution in [1.82, 2.24) is 10.2 Å². The number of carbonyl (C=O) groups excluding carboxylic acids is 1. The molecular weight excluding hydrogens is 243 g/mol. The summed E-state index contributed by atoms with van der Waals surface area (Å²) in [6.45, 7) is 7.30. The monoisotopic (exact) mass is 264 g/mol. The van der Waals surface area contributed by atoms with Crippen molar-refractivity contribution >= 4 is 5.91 Å². The largest absolute Gasteiger partial charge is 0.337 e. The summed E-state index contributed by atoms with van der Waals surface area (Å²) in [5, 5.41) is 3.41. The quantitative estimate of drug-likeness (QED) is 0.889. The van der Waals surface area contributed by atoms with Gasteiger partial charge < -0.3 is 10.2 Å². The summed E-state index contributed by atoms with van der Waals surface area (Å²) in [6.07, 6.45) is 0. The fraction of sp³-hybridized carbons (Fsp3) is 0.533. The SMILES string of the molecule is CC(C)C(=O)N1C[C@@H](c2ccc(F)cc2)NC[C@@H]1C. The van der Waals surface area contributed by atoms with Crippen molar-refractivity contribution in [1.29, 1.82) is 0 Å². The van der Waals surface area contributed by atoms with Gasteiger partial charge in [0.05, 0.1) is 0 Å². The van der Waals surface area contributed by atoms with E-state index in [-0.39, 0.29) is 29.7 Å². The van der Waals surface area contributed by atoms with Gasteiger partial charge in [0.15, 0.2) is 0 Å². The Labute approximate surface area is 113 Å². The summed E-state index contributed by atoms with van der Waals surface area (Å²) in [6, 6.07) is 6.76. The molecule has 1 N–H and O–H groups in total. The second-order valence-electron chi connectivity index (χ2n) is 5.51. The lowest BCUT2D eigenvalue weighted by molar-refractivity contribution is -0.138. The van der Waals surface area contributed by atoms with Crippen LogP contribution in [0.15, 0.2) is 24.3 Å². The average Bonchev–Trinajstić information content (AvgIpc) is 2.39. The van der Waals surface area contributed by atoms with Crippen molar-refractivity contribution in [2.24, 2.45) is 5.92 Å². The number of hydrogen-bond acceptors (Lipinski definition) is 2. The maximum absolute atomic E-state index is 12.9. The lowest BCUT2D eigenvalue weighted by atomic mass is 10.0. The van der Waals surface area contributed by atoms with Crippen molar-refractivity contribution in [3.63, 3.8) is 0 Å². The third-order valence-corrected chi connectivity index (χ3v) is 3.62. The molecule has 1 aliphatic rings. The molecule has 0 radical (unpaired) electrons. The number of nitrogens with zero attached hydrogens (tertiary/aromatic N) is 1. The number of amides is 1. The van der Waals surface area contributed by atoms with Gasteiger partial charge in [0.2, 0.25) is 5.91 Å². The van der Waals surface area contributed by atoms with Crippen LogP contribution in [-0.4, -0.2) is 29.9 Å². The zero-order valence-corrected chi connectivity index (χ0v) is 11.7. The molecule has 1 aliphatic heterocycles. The Morgan fingerprint density at radius 3 is 2.58 bits per heavy atom. The van der Waals surface area contributed by atoms with Crippen molar-refractivity contribution < 1.29 is 9.18 Å². The number of nitrogens with one attached hydrogen (secondary N) is 1. The minimum atomic E-state index is -0.233. The summed E-state index contributed by atoms with van der Waals surface area (Å²) < 4.78 is 12.9. The van der Waals surface area contributed by atoms with Crippen LogP contribution in [0.2, 0.25) is 0 Å². The van der Waals surface area contributed by atoms with E-state index in [1.54, 1.807) is 12.1 Å². The Hall–Kier alpha value is -1.42. The standard InChI is InChI=1S/C15H21FN2O/c1-10(2)15(19)18-9-14(17-8-11(18)3)12-4-6-13(16)7-5-12/h4-7,10-11,14,17H,8-9H2,1-3H3/t11-,14-/m0/s1. The lowest BCUT2D eigenvalue weighted by Crippen LogP contribution is -2.54. The summed E-state index contributed by atoms with van der Waals surface area (Å²) in [5.74, 6) is -0.0430. The van der Waals surface area contributed by atoms with E-state index in [1.165, 1.54) is 12.1 Å². The maximum atomic E-state index is 12.9. The normalized spacial score (nSPS) is 23.7. The van der Waals surface area contributed by atoms with Crippen molar-refractivity contribution in [2.75, 3.05) is 13.1 Å². The highest BCUT2D eigenvalue weighted by Crippen LogP contribution is 2.21. The molecule has 0 aromatic heterocycles. The first-order valence-electron chi connectivity index (χ1n) is 6.78. The molecule has 1 heterocycles. The van der Waals surface area contributed by atoms with Gasteiger partial charge in [-0.25, -0.2) is 4.39 Å². The predicted molar refractivity (Wildman–Crippen MR) is 73.2 cm³/mol. The molecule has 1 aromatic rings. The van der Waals surface area contributed by atoms with Gasteiger partial charge in [-0.2, -0.15) is 0 Å². The fourth-order valence-electron chi connectivity index (χ4n) is 2.42. The minimum absolute atomic E-state index is 0.00872. The van der Waals surface area contributed by atoms with E-state index in [1.807, 2.05) is 25.7 Å². The average molecular weight is 264 g/mol. The van der Waals surface area contributed by atoms with E-state index >= 15 is 0 Å². The van der Waals surface area contributed by atoms with Gasteiger partial charge in [-0.1, -0.05) is 26.0 Å². The topological polar surface area (TPSA) is 32.3 Å². The second kappa shape index (κ2) is 5.70. The molecule has 2 rings (SSSR count). The van der Waals surface area contributed by atoms with Crippen LogP contribution < -0.4 is 5.32 Å². The molecule has 0 unspecified atom stereocenters. The first kappa shape index (κ1) is 14.0. The van der Waals surface area contributed by atoms with Crippen molar-refractivity contribution in [2.45, 2.75) is 32.9 Å². The molecule has 1 amide bonds. The molecule has 1 aromatic carbocycles. The van der Waals surface area contributed by atoms with Crippen LogP contribution in [0.3, 0.4) is 0 Å². The molecule has 0 saturated carbocycles. The highest BCUT2D eigenvalue weighted by Gasteiger charge is 2.30. The van der Waals surface area contributed by atoms with Crippen LogP contribution in [0.25, 0.3) is 0 Å². The molecule has 19 heavy (non-hydrogen) atoms. The molecule has 0 spiro atoms. The minimum Gasteiger partial charge on any atom is -0.337 e. The van der Waals surface area contributed by atoms with Crippen molar-refractivity contribution in [3.8, 4) is 0 Å². The summed E-state index contributed by atoms with van der Waals surface area (Å²) in [7, 11) is 0. The number of rotatable bonds is 2. The lowest BCUT2D eigenvalue weighted by Gasteiger charge is -2.40. The first-order chi connectivity index (χ1) is 8.99. The van der Waals surface area contributed by atoms with Gasteiger partial charge >= 0.3 is 0 Å². The highest BCUT2D eigenvalue weighted by molar-refractivity contribution is 5.78. The smallest absolute Gasteiger partial charge is 0.225 e. The molecule has 1 fully saturated rings. The van der Waals surface area contributed by atoms with Gasteiger partial charge in [-0.3, -0.25) is 4.79 Å². The van der Waals surface area contributed by atoms with Gasteiger partial charge in [0, 0.05) is 31.1 Å². The number of carbonyl (C=O) groups is 1. The molecule has 1 saturated heterocycles. The molecule has 2 atom stereocenters. The van der Waals surface area contributed by atoms with Gasteiger partial charge in [0.1, 0.15) is 5.82 Å². The van der Waals surface area contributed by atoms with Crippen LogP contribution in [0.5, 0.6) is 0 Å². The Bertz CT molecular complexity index is 444. The van der Waals surface area contributed by atoms with Crippen LogP contribution >= 0.6 is 0 Å². The Balaban J connectivity index is 2.12. The summed E-state index contributed by atoms with van der Waals surface area (Å²) in [4.78, 5) is 14.1. The van der Waals surface area contributed by atoms with E-state index < -0.39 is 0 Å². The van der Waals surface area contributed by atoms with Crippen LogP contribution in [0, 0.1) is 11.7 Å². The van der Waals surface area contributed by atoms with E-state index in [4.69, 9.17) is 0 Å². The van der Waals surface area contributed by atoms with E-state index in [2.05, 4.69) is 5.32 Å². The molecule has 3 nitrogen and oxygen atoms in total. The molecule has 0 bridgehead atoms. The van der Waals surface area contributed by atoms with E-state index in [0.717, 1.165) is 12.1 Å². The van der Waals surface area contributed by atoms with Crippen molar-refractivity contribution in [3.05, 3.63) is 35.6 Å². The Morgan fingerprint density at radius 1 is 1.37 bits per heavy atom. The molecule has 0 aliphatic carbocycles. The number of piperazine rings is 1. The molecule has 104 valence electrons. The zero-order valence-electron chi connectivity index (χ0n) is 11.7. The third-order valence-electron chi connectivity index (χ3n) is 3.62. The fourth-order valence-corrected chi connectivity index (χ4v) is 2.42. The number of benzene rings is 1. The van der Waals surface area contributed by atoms with Gasteiger partial charge in [-0.15, -0.1) is 0 Å². The van der Waals surface area contributed by atoms with Crippen LogP contribution in [-0.2, 0) is 4.79 Å². The summed E-state index contributed by atoms with van der Waals surface area (Å²) >= 11 is 0. The third kappa shape index (κ3) is 3.13. The zero-order chi connectivity index (χ0) is 14.0. The Morgan fingerprint density at radius 2 is 2.00 bits per heavy atom. The van der Waals surface area contributed by atoms with Crippen LogP contribution in [0.1, 0.15) is 32.4 Å². The van der Waals surface area contributed by atoms with E-state index in [0.29, 0.717) is 6.54 Å².